The van der Waals surface area contributed by atoms with Crippen molar-refractivity contribution in [2.75, 3.05) is 6.61 Å². The monoisotopic (exact) mass is 301 g/mol. The molecule has 0 aromatic carbocycles. The van der Waals surface area contributed by atoms with Crippen molar-refractivity contribution < 1.29 is 44.4 Å². The summed E-state index contributed by atoms with van der Waals surface area (Å²) >= 11 is 0. The first-order valence-electron chi connectivity index (χ1n) is 5.04. The minimum Gasteiger partial charge on any atom is -0.394 e. The molecule has 0 spiro atoms. The fraction of sp³-hybridized carbons (Fsp3) is 0.750. The predicted molar refractivity (Wildman–Crippen MR) is 59.8 cm³/mol. The van der Waals surface area contributed by atoms with Gasteiger partial charge in [-0.25, -0.2) is 0 Å². The molecule has 0 aliphatic rings. The topological polar surface area (TPSA) is 185 Å². The standard InChI is InChI=1S/C8H16NO9P/c1-3(11)9-5(8(15)19(16,17)18)7(14)6(13)4(12)2-10/h4-7,10,12-14H,2H2,1H3,(H,9,11)(H2,16,17,18)/t4-,5+,6-,7-/m1/s1. The molecule has 10 nitrogen and oxygen atoms in total. The Balaban J connectivity index is 5.20. The highest BCUT2D eigenvalue weighted by atomic mass is 31.2. The highest BCUT2D eigenvalue weighted by molar-refractivity contribution is 7.70. The molecule has 0 aliphatic carbocycles. The van der Waals surface area contributed by atoms with E-state index >= 15 is 0 Å². The van der Waals surface area contributed by atoms with Crippen LogP contribution in [0.3, 0.4) is 0 Å². The molecule has 112 valence electrons. The number of amides is 1. The van der Waals surface area contributed by atoms with Gasteiger partial charge in [0.2, 0.25) is 5.91 Å². The molecule has 0 saturated heterocycles. The molecule has 0 aromatic rings. The van der Waals surface area contributed by atoms with Gasteiger partial charge in [0.25, 0.3) is 5.52 Å². The maximum atomic E-state index is 11.4. The summed E-state index contributed by atoms with van der Waals surface area (Å²) in [7, 11) is -5.27. The minimum atomic E-state index is -5.27. The Bertz CT molecular complexity index is 380. The Morgan fingerprint density at radius 3 is 1.95 bits per heavy atom. The molecule has 0 radical (unpaired) electrons. The molecular weight excluding hydrogens is 285 g/mol. The van der Waals surface area contributed by atoms with Crippen LogP contribution in [0.1, 0.15) is 6.92 Å². The smallest absolute Gasteiger partial charge is 0.393 e. The summed E-state index contributed by atoms with van der Waals surface area (Å²) in [4.78, 5) is 39.6. The molecule has 0 rings (SSSR count). The Hall–Kier alpha value is -0.870. The molecule has 0 aromatic heterocycles. The van der Waals surface area contributed by atoms with Crippen molar-refractivity contribution in [2.24, 2.45) is 0 Å². The summed E-state index contributed by atoms with van der Waals surface area (Å²) in [6.45, 7) is -0.0450. The lowest BCUT2D eigenvalue weighted by Gasteiger charge is -2.28. The van der Waals surface area contributed by atoms with Gasteiger partial charge in [0.15, 0.2) is 0 Å². The average Bonchev–Trinajstić information content (AvgIpc) is 2.30. The van der Waals surface area contributed by atoms with Gasteiger partial charge in [-0.1, -0.05) is 0 Å². The van der Waals surface area contributed by atoms with Crippen molar-refractivity contribution in [2.45, 2.75) is 31.3 Å². The van der Waals surface area contributed by atoms with E-state index in [9.17, 15) is 24.4 Å². The molecule has 0 bridgehead atoms. The van der Waals surface area contributed by atoms with Crippen molar-refractivity contribution in [3.05, 3.63) is 0 Å². The second-order valence-corrected chi connectivity index (χ2v) is 5.32. The number of hydrogen-bond donors (Lipinski definition) is 7. The maximum Gasteiger partial charge on any atom is 0.393 e. The molecule has 0 unspecified atom stereocenters. The lowest BCUT2D eigenvalue weighted by Crippen LogP contribution is -2.55. The summed E-state index contributed by atoms with van der Waals surface area (Å²) in [5.74, 6) is -0.892. The van der Waals surface area contributed by atoms with Crippen molar-refractivity contribution in [3.8, 4) is 0 Å². The summed E-state index contributed by atoms with van der Waals surface area (Å²) in [5, 5.41) is 38.3. The average molecular weight is 301 g/mol. The maximum absolute atomic E-state index is 11.4. The summed E-state index contributed by atoms with van der Waals surface area (Å²) in [6.07, 6.45) is -6.14. The summed E-state index contributed by atoms with van der Waals surface area (Å²) < 4.78 is 10.8. The summed E-state index contributed by atoms with van der Waals surface area (Å²) in [5.41, 5.74) is -1.82. The number of aliphatic hydroxyl groups excluding tert-OH is 4. The third-order valence-electron chi connectivity index (χ3n) is 2.18. The van der Waals surface area contributed by atoms with Gasteiger partial charge in [0.1, 0.15) is 24.4 Å². The van der Waals surface area contributed by atoms with Crippen LogP contribution >= 0.6 is 7.60 Å². The lowest BCUT2D eigenvalue weighted by atomic mass is 10.0. The first-order valence-corrected chi connectivity index (χ1v) is 6.65. The van der Waals surface area contributed by atoms with Crippen LogP contribution in [-0.4, -0.2) is 72.6 Å². The zero-order chi connectivity index (χ0) is 15.4. The minimum absolute atomic E-state index is 0.892. The molecule has 0 saturated carbocycles. The van der Waals surface area contributed by atoms with Gasteiger partial charge in [-0.3, -0.25) is 14.2 Å². The van der Waals surface area contributed by atoms with E-state index in [1.54, 1.807) is 5.32 Å². The van der Waals surface area contributed by atoms with Gasteiger partial charge in [-0.05, 0) is 0 Å². The number of nitrogens with one attached hydrogen (secondary N) is 1. The fourth-order valence-corrected chi connectivity index (χ4v) is 1.81. The zero-order valence-electron chi connectivity index (χ0n) is 9.87. The molecule has 19 heavy (non-hydrogen) atoms. The van der Waals surface area contributed by atoms with Gasteiger partial charge in [-0.15, -0.1) is 0 Å². The van der Waals surface area contributed by atoms with E-state index in [2.05, 4.69) is 0 Å². The molecule has 0 heterocycles. The zero-order valence-corrected chi connectivity index (χ0v) is 10.8. The van der Waals surface area contributed by atoms with Crippen LogP contribution in [0.4, 0.5) is 0 Å². The van der Waals surface area contributed by atoms with E-state index in [0.29, 0.717) is 0 Å². The van der Waals surface area contributed by atoms with E-state index in [-0.39, 0.29) is 0 Å². The normalized spacial score (nSPS) is 18.3. The van der Waals surface area contributed by atoms with Gasteiger partial charge >= 0.3 is 7.60 Å². The van der Waals surface area contributed by atoms with E-state index in [1.807, 2.05) is 0 Å². The van der Waals surface area contributed by atoms with Crippen LogP contribution in [0, 0.1) is 0 Å². The van der Waals surface area contributed by atoms with Crippen LogP contribution in [-0.2, 0) is 14.2 Å². The van der Waals surface area contributed by atoms with E-state index in [1.165, 1.54) is 0 Å². The SMILES string of the molecule is CC(=O)N[C@H](C(=O)P(=O)(O)O)[C@@H](O)[C@H](O)[C@H](O)CO. The quantitative estimate of drug-likeness (QED) is 0.232. The second-order valence-electron chi connectivity index (χ2n) is 3.79. The largest absolute Gasteiger partial charge is 0.394 e. The highest BCUT2D eigenvalue weighted by Gasteiger charge is 2.42. The van der Waals surface area contributed by atoms with Crippen LogP contribution in [0.5, 0.6) is 0 Å². The molecular formula is C8H16NO9P. The van der Waals surface area contributed by atoms with Gasteiger partial charge < -0.3 is 35.5 Å². The Labute approximate surface area is 107 Å². The Morgan fingerprint density at radius 2 is 1.63 bits per heavy atom. The van der Waals surface area contributed by atoms with Crippen LogP contribution in [0.2, 0.25) is 0 Å². The lowest BCUT2D eigenvalue weighted by molar-refractivity contribution is -0.132. The second kappa shape index (κ2) is 7.06. The first-order chi connectivity index (χ1) is 8.52. The van der Waals surface area contributed by atoms with Crippen molar-refractivity contribution in [1.29, 1.82) is 0 Å². The Kier molecular flexibility index (Phi) is 6.73. The molecule has 7 N–H and O–H groups in total. The molecule has 0 fully saturated rings. The van der Waals surface area contributed by atoms with Crippen LogP contribution in [0.15, 0.2) is 0 Å². The molecule has 11 heteroatoms. The number of carbonyl (C=O) groups excluding carboxylic acids is 2. The third kappa shape index (κ3) is 5.33. The predicted octanol–water partition coefficient (Wildman–Crippen LogP) is -3.73. The molecule has 4 atom stereocenters. The highest BCUT2D eigenvalue weighted by Crippen LogP contribution is 2.37. The number of hydrogen-bond acceptors (Lipinski definition) is 7. The number of rotatable bonds is 7. The van der Waals surface area contributed by atoms with Crippen molar-refractivity contribution in [3.63, 3.8) is 0 Å². The first kappa shape index (κ1) is 18.1. The fourth-order valence-electron chi connectivity index (χ4n) is 1.23. The van der Waals surface area contributed by atoms with Crippen molar-refractivity contribution >= 4 is 19.0 Å². The summed E-state index contributed by atoms with van der Waals surface area (Å²) in [6, 6.07) is -2.12. The van der Waals surface area contributed by atoms with Crippen LogP contribution in [0.25, 0.3) is 0 Å². The Morgan fingerprint density at radius 1 is 1.16 bits per heavy atom. The number of carbonyl (C=O) groups is 2. The number of aliphatic hydroxyl groups is 4. The third-order valence-corrected chi connectivity index (χ3v) is 3.04. The van der Waals surface area contributed by atoms with E-state index < -0.39 is 50.0 Å². The van der Waals surface area contributed by atoms with Gasteiger partial charge in [-0.2, -0.15) is 0 Å². The molecule has 0 aliphatic heterocycles. The van der Waals surface area contributed by atoms with Gasteiger partial charge in [0, 0.05) is 6.92 Å². The van der Waals surface area contributed by atoms with E-state index in [0.717, 1.165) is 6.92 Å². The van der Waals surface area contributed by atoms with Gasteiger partial charge in [0.05, 0.1) is 6.61 Å². The van der Waals surface area contributed by atoms with E-state index in [4.69, 9.17) is 20.0 Å². The van der Waals surface area contributed by atoms with Crippen LogP contribution < -0.4 is 5.32 Å². The molecule has 1 amide bonds. The van der Waals surface area contributed by atoms with Crippen molar-refractivity contribution in [1.82, 2.24) is 5.32 Å².